The van der Waals surface area contributed by atoms with E-state index in [9.17, 15) is 0 Å². The van der Waals surface area contributed by atoms with E-state index in [-0.39, 0.29) is 0 Å². The van der Waals surface area contributed by atoms with Gasteiger partial charge in [0.25, 0.3) is 0 Å². The van der Waals surface area contributed by atoms with Crippen molar-refractivity contribution in [2.24, 2.45) is 0 Å². The van der Waals surface area contributed by atoms with Crippen LogP contribution < -0.4 is 10.6 Å². The van der Waals surface area contributed by atoms with Crippen LogP contribution in [0, 0.1) is 13.8 Å². The number of nitrogens with zero attached hydrogens (tertiary/aromatic N) is 2. The number of hydrogen-bond donors (Lipinski definition) is 2. The number of hydrogen-bond acceptors (Lipinski definition) is 4. The summed E-state index contributed by atoms with van der Waals surface area (Å²) in [4.78, 5) is 8.81. The lowest BCUT2D eigenvalue weighted by atomic mass is 10.1. The van der Waals surface area contributed by atoms with Crippen LogP contribution in [0.25, 0.3) is 0 Å². The molecule has 4 heteroatoms. The first-order valence-electron chi connectivity index (χ1n) is 6.67. The minimum absolute atomic E-state index is 0.636. The molecule has 1 heterocycles. The van der Waals surface area contributed by atoms with Gasteiger partial charge in [-0.3, -0.25) is 0 Å². The van der Waals surface area contributed by atoms with Crippen molar-refractivity contribution < 1.29 is 0 Å². The first-order chi connectivity index (χ1) is 9.67. The Balaban J connectivity index is 2.03. The normalized spacial score (nSPS) is 10.1. The van der Waals surface area contributed by atoms with Gasteiger partial charge in [-0.15, -0.1) is 6.58 Å². The highest BCUT2D eigenvalue weighted by molar-refractivity contribution is 5.42. The van der Waals surface area contributed by atoms with Gasteiger partial charge >= 0.3 is 0 Å². The topological polar surface area (TPSA) is 49.8 Å². The molecule has 0 unspecified atom stereocenters. The van der Waals surface area contributed by atoms with Gasteiger partial charge < -0.3 is 10.6 Å². The van der Waals surface area contributed by atoms with Crippen molar-refractivity contribution in [2.75, 3.05) is 17.2 Å². The van der Waals surface area contributed by atoms with Crippen molar-refractivity contribution in [1.82, 2.24) is 9.97 Å². The maximum atomic E-state index is 4.42. The fraction of sp³-hybridized carbons (Fsp3) is 0.250. The van der Waals surface area contributed by atoms with Crippen LogP contribution >= 0.6 is 0 Å². The molecule has 0 fully saturated rings. The lowest BCUT2D eigenvalue weighted by Gasteiger charge is -2.09. The standard InChI is InChI=1S/C16H20N4/c1-4-9-17-15-10-13(3)19-16(20-15)18-11-14-7-5-12(2)6-8-14/h4-8,10H,1,9,11H2,2-3H3,(H2,17,18,19,20). The third-order valence-electron chi connectivity index (χ3n) is 2.85. The molecule has 0 spiro atoms. The zero-order valence-electron chi connectivity index (χ0n) is 12.0. The smallest absolute Gasteiger partial charge is 0.225 e. The van der Waals surface area contributed by atoms with E-state index in [2.05, 4.69) is 58.4 Å². The molecule has 4 nitrogen and oxygen atoms in total. The predicted molar refractivity (Wildman–Crippen MR) is 84.0 cm³/mol. The summed E-state index contributed by atoms with van der Waals surface area (Å²) >= 11 is 0. The van der Waals surface area contributed by atoms with Crippen LogP contribution in [0.1, 0.15) is 16.8 Å². The number of nitrogens with one attached hydrogen (secondary N) is 2. The summed E-state index contributed by atoms with van der Waals surface area (Å²) in [6.07, 6.45) is 1.80. The molecule has 2 rings (SSSR count). The maximum Gasteiger partial charge on any atom is 0.225 e. The van der Waals surface area contributed by atoms with Crippen LogP contribution in [0.5, 0.6) is 0 Å². The van der Waals surface area contributed by atoms with Gasteiger partial charge in [0.1, 0.15) is 5.82 Å². The molecular weight excluding hydrogens is 248 g/mol. The van der Waals surface area contributed by atoms with Crippen molar-refractivity contribution in [3.8, 4) is 0 Å². The van der Waals surface area contributed by atoms with E-state index in [1.54, 1.807) is 6.08 Å². The molecule has 104 valence electrons. The number of aryl methyl sites for hydroxylation is 2. The first-order valence-corrected chi connectivity index (χ1v) is 6.67. The van der Waals surface area contributed by atoms with Crippen LogP contribution in [0.2, 0.25) is 0 Å². The molecule has 0 atom stereocenters. The molecule has 0 radical (unpaired) electrons. The Labute approximate surface area is 120 Å². The van der Waals surface area contributed by atoms with Gasteiger partial charge in [-0.1, -0.05) is 35.9 Å². The summed E-state index contributed by atoms with van der Waals surface area (Å²) in [5, 5.41) is 6.42. The number of anilines is 2. The second-order valence-corrected chi connectivity index (χ2v) is 4.73. The van der Waals surface area contributed by atoms with E-state index >= 15 is 0 Å². The second kappa shape index (κ2) is 6.70. The molecule has 0 saturated heterocycles. The largest absolute Gasteiger partial charge is 0.366 e. The van der Waals surface area contributed by atoms with Gasteiger partial charge in [-0.05, 0) is 19.4 Å². The molecule has 2 N–H and O–H groups in total. The lowest BCUT2D eigenvalue weighted by molar-refractivity contribution is 1.02. The summed E-state index contributed by atoms with van der Waals surface area (Å²) in [6.45, 7) is 9.12. The van der Waals surface area contributed by atoms with Crippen molar-refractivity contribution in [3.63, 3.8) is 0 Å². The van der Waals surface area contributed by atoms with Crippen molar-refractivity contribution >= 4 is 11.8 Å². The Hall–Kier alpha value is -2.36. The Morgan fingerprint density at radius 1 is 1.10 bits per heavy atom. The summed E-state index contributed by atoms with van der Waals surface area (Å²) in [5.74, 6) is 1.45. The maximum absolute atomic E-state index is 4.42. The summed E-state index contributed by atoms with van der Waals surface area (Å²) < 4.78 is 0. The Kier molecular flexibility index (Phi) is 4.71. The van der Waals surface area contributed by atoms with E-state index < -0.39 is 0 Å². The third kappa shape index (κ3) is 4.09. The molecule has 0 aliphatic rings. The third-order valence-corrected chi connectivity index (χ3v) is 2.85. The van der Waals surface area contributed by atoms with E-state index in [0.717, 1.165) is 11.5 Å². The average molecular weight is 268 g/mol. The van der Waals surface area contributed by atoms with Crippen LogP contribution in [0.4, 0.5) is 11.8 Å². The van der Waals surface area contributed by atoms with Gasteiger partial charge in [0, 0.05) is 24.8 Å². The van der Waals surface area contributed by atoms with E-state index in [1.165, 1.54) is 11.1 Å². The van der Waals surface area contributed by atoms with Gasteiger partial charge in [0.05, 0.1) is 0 Å². The van der Waals surface area contributed by atoms with E-state index in [1.807, 2.05) is 13.0 Å². The first kappa shape index (κ1) is 14.1. The van der Waals surface area contributed by atoms with Crippen LogP contribution in [-0.2, 0) is 6.54 Å². The van der Waals surface area contributed by atoms with E-state index in [0.29, 0.717) is 19.0 Å². The second-order valence-electron chi connectivity index (χ2n) is 4.73. The van der Waals surface area contributed by atoms with Gasteiger partial charge in [0.2, 0.25) is 5.95 Å². The summed E-state index contributed by atoms with van der Waals surface area (Å²) in [7, 11) is 0. The number of rotatable bonds is 6. The highest BCUT2D eigenvalue weighted by Crippen LogP contribution is 2.11. The minimum Gasteiger partial charge on any atom is -0.366 e. The van der Waals surface area contributed by atoms with Crippen LogP contribution in [0.3, 0.4) is 0 Å². The minimum atomic E-state index is 0.636. The Bertz CT molecular complexity index is 576. The molecule has 1 aromatic heterocycles. The van der Waals surface area contributed by atoms with E-state index in [4.69, 9.17) is 0 Å². The van der Waals surface area contributed by atoms with Crippen LogP contribution in [0.15, 0.2) is 43.0 Å². The highest BCUT2D eigenvalue weighted by atomic mass is 15.1. The molecule has 0 amide bonds. The number of benzene rings is 1. The predicted octanol–water partition coefficient (Wildman–Crippen LogP) is 3.30. The molecule has 2 aromatic rings. The Morgan fingerprint density at radius 3 is 2.55 bits per heavy atom. The van der Waals surface area contributed by atoms with Crippen molar-refractivity contribution in [2.45, 2.75) is 20.4 Å². The lowest BCUT2D eigenvalue weighted by Crippen LogP contribution is -2.08. The zero-order valence-corrected chi connectivity index (χ0v) is 12.0. The Morgan fingerprint density at radius 2 is 1.85 bits per heavy atom. The monoisotopic (exact) mass is 268 g/mol. The summed E-state index contributed by atoms with van der Waals surface area (Å²) in [6, 6.07) is 10.3. The zero-order chi connectivity index (χ0) is 14.4. The van der Waals surface area contributed by atoms with Gasteiger partial charge in [-0.2, -0.15) is 4.98 Å². The molecule has 0 bridgehead atoms. The highest BCUT2D eigenvalue weighted by Gasteiger charge is 2.01. The average Bonchev–Trinajstić information content (AvgIpc) is 2.44. The van der Waals surface area contributed by atoms with Gasteiger partial charge in [0.15, 0.2) is 0 Å². The van der Waals surface area contributed by atoms with Crippen LogP contribution in [-0.4, -0.2) is 16.5 Å². The van der Waals surface area contributed by atoms with Crippen molar-refractivity contribution in [1.29, 1.82) is 0 Å². The van der Waals surface area contributed by atoms with Crippen molar-refractivity contribution in [3.05, 3.63) is 59.8 Å². The molecule has 0 aliphatic heterocycles. The quantitative estimate of drug-likeness (QED) is 0.789. The fourth-order valence-corrected chi connectivity index (χ4v) is 1.80. The molecule has 0 saturated carbocycles. The number of aromatic nitrogens is 2. The summed E-state index contributed by atoms with van der Waals surface area (Å²) in [5.41, 5.74) is 3.40. The SMILES string of the molecule is C=CCNc1cc(C)nc(NCc2ccc(C)cc2)n1. The molecular formula is C16H20N4. The molecule has 0 aliphatic carbocycles. The van der Waals surface area contributed by atoms with Gasteiger partial charge in [-0.25, -0.2) is 4.98 Å². The fourth-order valence-electron chi connectivity index (χ4n) is 1.80. The molecule has 1 aromatic carbocycles. The molecule has 20 heavy (non-hydrogen) atoms.